The van der Waals surface area contributed by atoms with Crippen LogP contribution in [0.4, 0.5) is 0 Å². The molecular weight excluding hydrogens is 450 g/mol. The number of aryl methyl sites for hydroxylation is 1. The van der Waals surface area contributed by atoms with Crippen LogP contribution < -0.4 is 0 Å². The smallest absolute Gasteiger partial charge is 0.335 e. The van der Waals surface area contributed by atoms with Crippen LogP contribution in [0.1, 0.15) is 124 Å². The Morgan fingerprint density at radius 1 is 0.583 bits per heavy atom. The number of unbranched alkanes of at least 4 members (excludes halogenated alkanes) is 14. The van der Waals surface area contributed by atoms with Crippen molar-refractivity contribution in [3.05, 3.63) is 47.5 Å². The molecule has 1 heterocycles. The average molecular weight is 494 g/mol. The highest BCUT2D eigenvalue weighted by Crippen LogP contribution is 2.31. The highest BCUT2D eigenvalue weighted by molar-refractivity contribution is 6.11. The molecule has 36 heavy (non-hydrogen) atoms. The summed E-state index contributed by atoms with van der Waals surface area (Å²) in [6.07, 6.45) is 19.6. The summed E-state index contributed by atoms with van der Waals surface area (Å²) in [5.74, 6) is -1.90. The summed E-state index contributed by atoms with van der Waals surface area (Å²) in [5, 5.41) is 20.8. The Bertz CT molecular complexity index is 1060. The van der Waals surface area contributed by atoms with Gasteiger partial charge in [0.1, 0.15) is 0 Å². The molecule has 0 radical (unpaired) electrons. The van der Waals surface area contributed by atoms with E-state index in [-0.39, 0.29) is 11.1 Å². The minimum absolute atomic E-state index is 0.251. The zero-order valence-electron chi connectivity index (χ0n) is 21.9. The van der Waals surface area contributed by atoms with Gasteiger partial charge in [0.2, 0.25) is 0 Å². The van der Waals surface area contributed by atoms with Gasteiger partial charge < -0.3 is 14.8 Å². The van der Waals surface area contributed by atoms with Crippen LogP contribution in [0.3, 0.4) is 0 Å². The van der Waals surface area contributed by atoms with Crippen LogP contribution in [0, 0.1) is 0 Å². The van der Waals surface area contributed by atoms with Crippen molar-refractivity contribution < 1.29 is 19.8 Å². The molecule has 3 aromatic rings. The number of fused-ring (bicyclic) bond motifs is 3. The molecule has 0 unspecified atom stereocenters. The Labute approximate surface area is 215 Å². The second kappa shape index (κ2) is 14.7. The Morgan fingerprint density at radius 3 is 1.31 bits per heavy atom. The summed E-state index contributed by atoms with van der Waals surface area (Å²) in [7, 11) is 0. The van der Waals surface area contributed by atoms with Gasteiger partial charge in [0.15, 0.2) is 0 Å². The quantitative estimate of drug-likeness (QED) is 0.173. The number of carboxylic acid groups (broad SMARTS) is 2. The van der Waals surface area contributed by atoms with Crippen LogP contribution in [-0.2, 0) is 6.54 Å². The lowest BCUT2D eigenvalue weighted by molar-refractivity contribution is 0.0686. The number of rotatable bonds is 18. The molecule has 5 heteroatoms. The summed E-state index contributed by atoms with van der Waals surface area (Å²) in [6, 6.07) is 10.3. The predicted octanol–water partition coefficient (Wildman–Crippen LogP) is 9.06. The first-order valence-electron chi connectivity index (χ1n) is 14.1. The molecule has 1 aromatic heterocycles. The van der Waals surface area contributed by atoms with Crippen LogP contribution in [0.15, 0.2) is 36.4 Å². The number of benzene rings is 2. The number of aromatic nitrogens is 1. The van der Waals surface area contributed by atoms with Gasteiger partial charge in [0.25, 0.3) is 0 Å². The minimum atomic E-state index is -0.952. The molecule has 196 valence electrons. The van der Waals surface area contributed by atoms with Crippen LogP contribution in [0.2, 0.25) is 0 Å². The SMILES string of the molecule is CCCCCCCCCCCCCCCCCn1c2cc(C(=O)O)ccc2c2ccc(C(=O)O)cc21. The molecule has 3 rings (SSSR count). The van der Waals surface area contributed by atoms with E-state index in [4.69, 9.17) is 0 Å². The normalized spacial score (nSPS) is 11.5. The van der Waals surface area contributed by atoms with E-state index in [0.29, 0.717) is 0 Å². The van der Waals surface area contributed by atoms with E-state index in [9.17, 15) is 19.8 Å². The maximum atomic E-state index is 11.5. The van der Waals surface area contributed by atoms with Crippen LogP contribution in [0.25, 0.3) is 21.8 Å². The minimum Gasteiger partial charge on any atom is -0.478 e. The van der Waals surface area contributed by atoms with E-state index in [1.165, 1.54) is 83.5 Å². The van der Waals surface area contributed by atoms with Gasteiger partial charge in [-0.15, -0.1) is 0 Å². The number of hydrogen-bond donors (Lipinski definition) is 2. The Hall–Kier alpha value is -2.82. The number of nitrogens with zero attached hydrogens (tertiary/aromatic N) is 1. The molecule has 0 saturated carbocycles. The third-order valence-corrected chi connectivity index (χ3v) is 7.35. The molecule has 0 amide bonds. The van der Waals surface area contributed by atoms with Crippen LogP contribution in [0.5, 0.6) is 0 Å². The van der Waals surface area contributed by atoms with Gasteiger partial charge >= 0.3 is 11.9 Å². The molecular formula is C31H43NO4. The van der Waals surface area contributed by atoms with Crippen molar-refractivity contribution in [2.75, 3.05) is 0 Å². The zero-order valence-corrected chi connectivity index (χ0v) is 21.9. The maximum absolute atomic E-state index is 11.5. The third kappa shape index (κ3) is 7.84. The van der Waals surface area contributed by atoms with Gasteiger partial charge in [-0.2, -0.15) is 0 Å². The molecule has 0 aliphatic rings. The van der Waals surface area contributed by atoms with Gasteiger partial charge in [0.05, 0.1) is 11.1 Å². The highest BCUT2D eigenvalue weighted by atomic mass is 16.4. The first-order chi connectivity index (χ1) is 17.5. The van der Waals surface area contributed by atoms with Crippen molar-refractivity contribution >= 4 is 33.7 Å². The van der Waals surface area contributed by atoms with Gasteiger partial charge in [-0.05, 0) is 30.7 Å². The van der Waals surface area contributed by atoms with E-state index in [2.05, 4.69) is 11.5 Å². The second-order valence-corrected chi connectivity index (χ2v) is 10.2. The van der Waals surface area contributed by atoms with Gasteiger partial charge in [-0.3, -0.25) is 0 Å². The summed E-state index contributed by atoms with van der Waals surface area (Å²) in [4.78, 5) is 23.1. The molecule has 0 aliphatic carbocycles. The average Bonchev–Trinajstić information content (AvgIpc) is 3.18. The Kier molecular flexibility index (Phi) is 11.3. The van der Waals surface area contributed by atoms with Gasteiger partial charge in [-0.1, -0.05) is 109 Å². The van der Waals surface area contributed by atoms with E-state index in [1.807, 2.05) is 12.1 Å². The van der Waals surface area contributed by atoms with E-state index < -0.39 is 11.9 Å². The number of carbonyl (C=O) groups is 2. The van der Waals surface area contributed by atoms with Crippen molar-refractivity contribution in [3.8, 4) is 0 Å². The lowest BCUT2D eigenvalue weighted by atomic mass is 10.0. The van der Waals surface area contributed by atoms with Crippen LogP contribution in [-0.4, -0.2) is 26.7 Å². The zero-order chi connectivity index (χ0) is 25.8. The molecule has 0 saturated heterocycles. The number of hydrogen-bond acceptors (Lipinski definition) is 2. The van der Waals surface area contributed by atoms with E-state index in [1.54, 1.807) is 24.3 Å². The molecule has 0 atom stereocenters. The van der Waals surface area contributed by atoms with Crippen molar-refractivity contribution in [3.63, 3.8) is 0 Å². The summed E-state index contributed by atoms with van der Waals surface area (Å²) < 4.78 is 2.10. The molecule has 0 aliphatic heterocycles. The predicted molar refractivity (Wildman–Crippen MR) is 148 cm³/mol. The Balaban J connectivity index is 1.45. The molecule has 0 spiro atoms. The summed E-state index contributed by atoms with van der Waals surface area (Å²) >= 11 is 0. The van der Waals surface area contributed by atoms with E-state index >= 15 is 0 Å². The monoisotopic (exact) mass is 493 g/mol. The standard InChI is InChI=1S/C31H43NO4/c1-2-3-4-5-6-7-8-9-10-11-12-13-14-15-16-21-32-28-22-24(30(33)34)17-19-26(28)27-20-18-25(31(35)36)23-29(27)32/h17-20,22-23H,2-16,21H2,1H3,(H,33,34)(H,35,36). The fourth-order valence-corrected chi connectivity index (χ4v) is 5.24. The van der Waals surface area contributed by atoms with Gasteiger partial charge in [-0.25, -0.2) is 9.59 Å². The molecule has 0 bridgehead atoms. The van der Waals surface area contributed by atoms with Crippen molar-refractivity contribution in [1.82, 2.24) is 4.57 Å². The van der Waals surface area contributed by atoms with E-state index in [0.717, 1.165) is 41.2 Å². The van der Waals surface area contributed by atoms with Crippen molar-refractivity contribution in [1.29, 1.82) is 0 Å². The fraction of sp³-hybridized carbons (Fsp3) is 0.548. The second-order valence-electron chi connectivity index (χ2n) is 10.2. The van der Waals surface area contributed by atoms with Crippen molar-refractivity contribution in [2.24, 2.45) is 0 Å². The highest BCUT2D eigenvalue weighted by Gasteiger charge is 2.15. The lowest BCUT2D eigenvalue weighted by Gasteiger charge is -2.09. The molecule has 5 nitrogen and oxygen atoms in total. The third-order valence-electron chi connectivity index (χ3n) is 7.35. The van der Waals surface area contributed by atoms with Crippen LogP contribution >= 0.6 is 0 Å². The topological polar surface area (TPSA) is 79.5 Å². The first-order valence-corrected chi connectivity index (χ1v) is 14.1. The molecule has 0 fully saturated rings. The molecule has 2 aromatic carbocycles. The summed E-state index contributed by atoms with van der Waals surface area (Å²) in [5.41, 5.74) is 2.22. The largest absolute Gasteiger partial charge is 0.478 e. The van der Waals surface area contributed by atoms with Gasteiger partial charge in [0, 0.05) is 28.4 Å². The lowest BCUT2D eigenvalue weighted by Crippen LogP contribution is -2.01. The summed E-state index contributed by atoms with van der Waals surface area (Å²) in [6.45, 7) is 3.02. The molecule has 2 N–H and O–H groups in total. The maximum Gasteiger partial charge on any atom is 0.335 e. The number of carboxylic acids is 2. The first kappa shape index (κ1) is 27.8. The Morgan fingerprint density at radius 2 is 0.944 bits per heavy atom. The fourth-order valence-electron chi connectivity index (χ4n) is 5.24. The number of aromatic carboxylic acids is 2. The van der Waals surface area contributed by atoms with Crippen molar-refractivity contribution in [2.45, 2.75) is 110 Å².